The van der Waals surface area contributed by atoms with Crippen LogP contribution in [0.1, 0.15) is 35.3 Å². The van der Waals surface area contributed by atoms with E-state index in [0.717, 1.165) is 12.8 Å². The fraction of sp³-hybridized carbons (Fsp3) is 0.583. The second kappa shape index (κ2) is 5.20. The van der Waals surface area contributed by atoms with Gasteiger partial charge in [0.1, 0.15) is 6.04 Å². The maximum atomic E-state index is 12.4. The van der Waals surface area contributed by atoms with Crippen LogP contribution in [0, 0.1) is 6.92 Å². The van der Waals surface area contributed by atoms with Gasteiger partial charge in [0.05, 0.1) is 18.9 Å². The molecular formula is C12H17N3O3. The molecule has 2 heterocycles. The summed E-state index contributed by atoms with van der Waals surface area (Å²) in [5, 5.41) is 6.57. The van der Waals surface area contributed by atoms with Crippen LogP contribution >= 0.6 is 0 Å². The highest BCUT2D eigenvalue weighted by Crippen LogP contribution is 2.21. The summed E-state index contributed by atoms with van der Waals surface area (Å²) in [5.41, 5.74) is 1.24. The summed E-state index contributed by atoms with van der Waals surface area (Å²) in [5.74, 6) is -0.499. The van der Waals surface area contributed by atoms with Crippen LogP contribution in [0.4, 0.5) is 0 Å². The molecule has 1 aliphatic heterocycles. The smallest absolute Gasteiger partial charge is 0.328 e. The molecule has 0 radical (unpaired) electrons. The van der Waals surface area contributed by atoms with Crippen molar-refractivity contribution in [3.8, 4) is 0 Å². The fourth-order valence-corrected chi connectivity index (χ4v) is 2.28. The second-order valence-electron chi connectivity index (χ2n) is 4.44. The number of carbonyl (C=O) groups excluding carboxylic acids is 2. The van der Waals surface area contributed by atoms with Crippen molar-refractivity contribution in [2.24, 2.45) is 0 Å². The molecule has 1 atom stereocenters. The molecule has 2 rings (SSSR count). The first kappa shape index (κ1) is 12.6. The SMILES string of the molecule is COC(=O)[C@H]1CCCCN1C(=O)c1cn[nH]c1C. The van der Waals surface area contributed by atoms with Gasteiger partial charge in [-0.25, -0.2) is 4.79 Å². The van der Waals surface area contributed by atoms with E-state index in [0.29, 0.717) is 24.2 Å². The fourth-order valence-electron chi connectivity index (χ4n) is 2.28. The maximum absolute atomic E-state index is 12.4. The lowest BCUT2D eigenvalue weighted by atomic mass is 10.0. The molecule has 0 aliphatic carbocycles. The van der Waals surface area contributed by atoms with Gasteiger partial charge in [0.2, 0.25) is 0 Å². The Morgan fingerprint density at radius 1 is 1.50 bits per heavy atom. The third-order valence-corrected chi connectivity index (χ3v) is 3.30. The molecular weight excluding hydrogens is 234 g/mol. The summed E-state index contributed by atoms with van der Waals surface area (Å²) in [6, 6.07) is -0.467. The van der Waals surface area contributed by atoms with Crippen molar-refractivity contribution in [3.63, 3.8) is 0 Å². The molecule has 0 bridgehead atoms. The zero-order valence-corrected chi connectivity index (χ0v) is 10.6. The van der Waals surface area contributed by atoms with Gasteiger partial charge in [0.15, 0.2) is 0 Å². The molecule has 0 unspecified atom stereocenters. The highest BCUT2D eigenvalue weighted by atomic mass is 16.5. The van der Waals surface area contributed by atoms with Crippen LogP contribution in [-0.2, 0) is 9.53 Å². The van der Waals surface area contributed by atoms with Crippen molar-refractivity contribution in [1.82, 2.24) is 15.1 Å². The molecule has 1 saturated heterocycles. The van der Waals surface area contributed by atoms with Crippen molar-refractivity contribution in [3.05, 3.63) is 17.5 Å². The molecule has 98 valence electrons. The second-order valence-corrected chi connectivity index (χ2v) is 4.44. The van der Waals surface area contributed by atoms with Crippen LogP contribution in [0.5, 0.6) is 0 Å². The Hall–Kier alpha value is -1.85. The highest BCUT2D eigenvalue weighted by molar-refractivity contribution is 5.97. The Bertz CT molecular complexity index is 455. The number of esters is 1. The van der Waals surface area contributed by atoms with Gasteiger partial charge in [0, 0.05) is 12.2 Å². The van der Waals surface area contributed by atoms with E-state index in [1.54, 1.807) is 11.8 Å². The predicted octanol–water partition coefficient (Wildman–Crippen LogP) is 0.886. The van der Waals surface area contributed by atoms with E-state index < -0.39 is 6.04 Å². The minimum absolute atomic E-state index is 0.156. The number of hydrogen-bond acceptors (Lipinski definition) is 4. The number of aromatic amines is 1. The van der Waals surface area contributed by atoms with Gasteiger partial charge in [-0.1, -0.05) is 0 Å². The van der Waals surface area contributed by atoms with Crippen LogP contribution in [0.3, 0.4) is 0 Å². The summed E-state index contributed by atoms with van der Waals surface area (Å²) < 4.78 is 4.76. The first-order valence-corrected chi connectivity index (χ1v) is 6.04. The average molecular weight is 251 g/mol. The van der Waals surface area contributed by atoms with E-state index in [4.69, 9.17) is 4.74 Å². The van der Waals surface area contributed by atoms with Gasteiger partial charge >= 0.3 is 5.97 Å². The molecule has 0 saturated carbocycles. The topological polar surface area (TPSA) is 75.3 Å². The summed E-state index contributed by atoms with van der Waals surface area (Å²) in [7, 11) is 1.35. The Morgan fingerprint density at radius 3 is 2.89 bits per heavy atom. The van der Waals surface area contributed by atoms with Crippen molar-refractivity contribution >= 4 is 11.9 Å². The summed E-state index contributed by atoms with van der Waals surface area (Å²) in [6.07, 6.45) is 4.01. The third-order valence-electron chi connectivity index (χ3n) is 3.30. The first-order chi connectivity index (χ1) is 8.65. The number of nitrogens with one attached hydrogen (secondary N) is 1. The van der Waals surface area contributed by atoms with Gasteiger partial charge in [0.25, 0.3) is 5.91 Å². The van der Waals surface area contributed by atoms with E-state index in [9.17, 15) is 9.59 Å². The number of H-pyrrole nitrogens is 1. The van der Waals surface area contributed by atoms with E-state index in [2.05, 4.69) is 10.2 Å². The molecule has 1 amide bonds. The molecule has 18 heavy (non-hydrogen) atoms. The molecule has 0 aromatic carbocycles. The Kier molecular flexibility index (Phi) is 3.64. The number of carbonyl (C=O) groups is 2. The molecule has 1 fully saturated rings. The van der Waals surface area contributed by atoms with Gasteiger partial charge in [-0.05, 0) is 26.2 Å². The van der Waals surface area contributed by atoms with Crippen LogP contribution < -0.4 is 0 Å². The number of aryl methyl sites for hydroxylation is 1. The minimum atomic E-state index is -0.467. The number of hydrogen-bond donors (Lipinski definition) is 1. The van der Waals surface area contributed by atoms with E-state index in [1.165, 1.54) is 13.3 Å². The number of rotatable bonds is 2. The zero-order chi connectivity index (χ0) is 13.1. The van der Waals surface area contributed by atoms with Crippen molar-refractivity contribution < 1.29 is 14.3 Å². The quantitative estimate of drug-likeness (QED) is 0.792. The van der Waals surface area contributed by atoms with E-state index in [-0.39, 0.29) is 11.9 Å². The average Bonchev–Trinajstić information content (AvgIpc) is 2.83. The van der Waals surface area contributed by atoms with E-state index in [1.807, 2.05) is 0 Å². The van der Waals surface area contributed by atoms with Gasteiger partial charge in [-0.3, -0.25) is 9.89 Å². The monoisotopic (exact) mass is 251 g/mol. The van der Waals surface area contributed by atoms with Crippen LogP contribution in [-0.4, -0.2) is 46.7 Å². The summed E-state index contributed by atoms with van der Waals surface area (Å²) in [4.78, 5) is 25.7. The van der Waals surface area contributed by atoms with E-state index >= 15 is 0 Å². The third kappa shape index (κ3) is 2.23. The zero-order valence-electron chi connectivity index (χ0n) is 10.6. The largest absolute Gasteiger partial charge is 0.467 e. The number of likely N-dealkylation sites (tertiary alicyclic amines) is 1. The Balaban J connectivity index is 2.21. The predicted molar refractivity (Wildman–Crippen MR) is 64.0 cm³/mol. The highest BCUT2D eigenvalue weighted by Gasteiger charge is 2.34. The number of ether oxygens (including phenoxy) is 1. The number of nitrogens with zero attached hydrogens (tertiary/aromatic N) is 2. The maximum Gasteiger partial charge on any atom is 0.328 e. The molecule has 0 spiro atoms. The first-order valence-electron chi connectivity index (χ1n) is 6.04. The number of piperidine rings is 1. The molecule has 1 aliphatic rings. The number of methoxy groups -OCH3 is 1. The van der Waals surface area contributed by atoms with Crippen molar-refractivity contribution in [1.29, 1.82) is 0 Å². The Morgan fingerprint density at radius 2 is 2.28 bits per heavy atom. The lowest BCUT2D eigenvalue weighted by Crippen LogP contribution is -2.48. The van der Waals surface area contributed by atoms with Crippen LogP contribution in [0.25, 0.3) is 0 Å². The summed E-state index contributed by atoms with van der Waals surface area (Å²) in [6.45, 7) is 2.38. The normalized spacial score (nSPS) is 19.7. The summed E-state index contributed by atoms with van der Waals surface area (Å²) >= 11 is 0. The van der Waals surface area contributed by atoms with Gasteiger partial charge in [-0.15, -0.1) is 0 Å². The molecule has 6 heteroatoms. The molecule has 1 aromatic heterocycles. The molecule has 1 N–H and O–H groups in total. The standard InChI is InChI=1S/C12H17N3O3/c1-8-9(7-13-14-8)11(16)15-6-4-3-5-10(15)12(17)18-2/h7,10H,3-6H2,1-2H3,(H,13,14)/t10-/m1/s1. The molecule has 1 aromatic rings. The lowest BCUT2D eigenvalue weighted by molar-refractivity contribution is -0.147. The van der Waals surface area contributed by atoms with Crippen LogP contribution in [0.2, 0.25) is 0 Å². The van der Waals surface area contributed by atoms with Crippen molar-refractivity contribution in [2.75, 3.05) is 13.7 Å². The van der Waals surface area contributed by atoms with Crippen molar-refractivity contribution in [2.45, 2.75) is 32.2 Å². The minimum Gasteiger partial charge on any atom is -0.467 e. The molecule has 6 nitrogen and oxygen atoms in total. The number of amides is 1. The lowest BCUT2D eigenvalue weighted by Gasteiger charge is -2.33. The number of aromatic nitrogens is 2. The van der Waals surface area contributed by atoms with Crippen LogP contribution in [0.15, 0.2) is 6.20 Å². The Labute approximate surface area is 105 Å². The van der Waals surface area contributed by atoms with Gasteiger partial charge in [-0.2, -0.15) is 5.10 Å². The van der Waals surface area contributed by atoms with Gasteiger partial charge < -0.3 is 9.64 Å².